The molecule has 1 fully saturated rings. The zero-order valence-electron chi connectivity index (χ0n) is 14.1. The largest absolute Gasteiger partial charge is 0.451 e. The number of halogens is 1. The Hall–Kier alpha value is -2.05. The molecule has 1 unspecified atom stereocenters. The number of piperidine rings is 1. The summed E-state index contributed by atoms with van der Waals surface area (Å²) >= 11 is 0. The zero-order chi connectivity index (χ0) is 16.9. The maximum absolute atomic E-state index is 12.8. The lowest BCUT2D eigenvalue weighted by atomic mass is 10.0. The molecule has 2 heterocycles. The third-order valence-electron chi connectivity index (χ3n) is 4.43. The van der Waals surface area contributed by atoms with Crippen molar-refractivity contribution in [2.24, 2.45) is 5.73 Å². The molecule has 2 amide bonds. The van der Waals surface area contributed by atoms with Crippen molar-refractivity contribution in [3.05, 3.63) is 36.1 Å². The molecule has 3 rings (SSSR count). The maximum Gasteiger partial charge on any atom is 0.289 e. The van der Waals surface area contributed by atoms with Crippen molar-refractivity contribution in [2.75, 3.05) is 19.6 Å². The third kappa shape index (κ3) is 4.52. The van der Waals surface area contributed by atoms with E-state index in [2.05, 4.69) is 5.32 Å². The van der Waals surface area contributed by atoms with Gasteiger partial charge in [-0.15, -0.1) is 12.4 Å². The van der Waals surface area contributed by atoms with E-state index in [4.69, 9.17) is 10.2 Å². The molecule has 0 spiro atoms. The summed E-state index contributed by atoms with van der Waals surface area (Å²) in [4.78, 5) is 26.3. The first-order valence-corrected chi connectivity index (χ1v) is 8.45. The highest BCUT2D eigenvalue weighted by molar-refractivity contribution is 5.96. The van der Waals surface area contributed by atoms with E-state index in [-0.39, 0.29) is 30.3 Å². The molecule has 1 aliphatic heterocycles. The molecule has 2 aromatic rings. The van der Waals surface area contributed by atoms with Crippen LogP contribution in [0.2, 0.25) is 0 Å². The van der Waals surface area contributed by atoms with Crippen LogP contribution < -0.4 is 11.1 Å². The van der Waals surface area contributed by atoms with Crippen LogP contribution in [0.15, 0.2) is 34.7 Å². The van der Waals surface area contributed by atoms with Gasteiger partial charge in [-0.1, -0.05) is 18.2 Å². The smallest absolute Gasteiger partial charge is 0.289 e. The number of carbonyl (C=O) groups excluding carboxylic acids is 2. The number of hydrogen-bond acceptors (Lipinski definition) is 4. The van der Waals surface area contributed by atoms with Crippen molar-refractivity contribution >= 4 is 35.2 Å². The van der Waals surface area contributed by atoms with Crippen LogP contribution in [-0.4, -0.2) is 42.4 Å². The second-order valence-corrected chi connectivity index (χ2v) is 6.14. The molecule has 7 heteroatoms. The van der Waals surface area contributed by atoms with Gasteiger partial charge in [0.1, 0.15) is 5.58 Å². The molecule has 1 aromatic carbocycles. The van der Waals surface area contributed by atoms with E-state index in [1.54, 1.807) is 6.07 Å². The van der Waals surface area contributed by atoms with Crippen molar-refractivity contribution in [3.63, 3.8) is 0 Å². The number of para-hydroxylation sites is 1. The zero-order valence-corrected chi connectivity index (χ0v) is 14.9. The molecule has 6 nitrogen and oxygen atoms in total. The SMILES string of the molecule is Cl.NCCC(=O)NCC1CCCCN1C(=O)c1cc2ccccc2o1. The molecule has 1 aliphatic rings. The van der Waals surface area contributed by atoms with E-state index in [0.29, 0.717) is 37.4 Å². The molecule has 1 saturated heterocycles. The number of rotatable bonds is 5. The molecule has 25 heavy (non-hydrogen) atoms. The van der Waals surface area contributed by atoms with Crippen LogP contribution in [0.3, 0.4) is 0 Å². The predicted octanol–water partition coefficient (Wildman–Crippen LogP) is 2.31. The molecule has 3 N–H and O–H groups in total. The Kier molecular flexibility index (Phi) is 6.84. The first-order valence-electron chi connectivity index (χ1n) is 8.45. The van der Waals surface area contributed by atoms with Crippen molar-refractivity contribution in [2.45, 2.75) is 31.7 Å². The summed E-state index contributed by atoms with van der Waals surface area (Å²) in [5.41, 5.74) is 6.10. The molecule has 0 bridgehead atoms. The van der Waals surface area contributed by atoms with E-state index >= 15 is 0 Å². The number of nitrogens with zero attached hydrogens (tertiary/aromatic N) is 1. The molecule has 0 aliphatic carbocycles. The Balaban J connectivity index is 0.00000225. The van der Waals surface area contributed by atoms with Gasteiger partial charge in [0.15, 0.2) is 5.76 Å². The minimum absolute atomic E-state index is 0. The standard InChI is InChI=1S/C18H23N3O3.ClH/c19-9-8-17(22)20-12-14-6-3-4-10-21(14)18(23)16-11-13-5-1-2-7-15(13)24-16;/h1-2,5,7,11,14H,3-4,6,8-10,12,19H2,(H,20,22);1H. The Bertz CT molecular complexity index is 698. The van der Waals surface area contributed by atoms with E-state index in [1.165, 1.54) is 0 Å². The summed E-state index contributed by atoms with van der Waals surface area (Å²) in [5.74, 6) is 0.180. The van der Waals surface area contributed by atoms with Crippen LogP contribution in [0.25, 0.3) is 11.0 Å². The number of nitrogens with one attached hydrogen (secondary N) is 1. The van der Waals surface area contributed by atoms with E-state index in [0.717, 1.165) is 24.6 Å². The van der Waals surface area contributed by atoms with Gasteiger partial charge in [-0.3, -0.25) is 9.59 Å². The van der Waals surface area contributed by atoms with Crippen LogP contribution in [0.4, 0.5) is 0 Å². The lowest BCUT2D eigenvalue weighted by molar-refractivity contribution is -0.121. The number of likely N-dealkylation sites (tertiary alicyclic amines) is 1. The fourth-order valence-electron chi connectivity index (χ4n) is 3.16. The number of carbonyl (C=O) groups is 2. The van der Waals surface area contributed by atoms with Crippen LogP contribution in [0.5, 0.6) is 0 Å². The van der Waals surface area contributed by atoms with Gasteiger partial charge >= 0.3 is 0 Å². The summed E-state index contributed by atoms with van der Waals surface area (Å²) < 4.78 is 5.70. The second-order valence-electron chi connectivity index (χ2n) is 6.14. The number of furan rings is 1. The van der Waals surface area contributed by atoms with Crippen molar-refractivity contribution < 1.29 is 14.0 Å². The number of fused-ring (bicyclic) bond motifs is 1. The minimum Gasteiger partial charge on any atom is -0.451 e. The second kappa shape index (κ2) is 8.87. The van der Waals surface area contributed by atoms with Gasteiger partial charge in [0.05, 0.1) is 0 Å². The van der Waals surface area contributed by atoms with Gasteiger partial charge in [0, 0.05) is 37.5 Å². The molecule has 0 saturated carbocycles. The van der Waals surface area contributed by atoms with Crippen LogP contribution in [0.1, 0.15) is 36.2 Å². The summed E-state index contributed by atoms with van der Waals surface area (Å²) in [6.07, 6.45) is 3.22. The summed E-state index contributed by atoms with van der Waals surface area (Å²) in [7, 11) is 0. The van der Waals surface area contributed by atoms with Gasteiger partial charge < -0.3 is 20.4 Å². The first kappa shape index (κ1) is 19.3. The average molecular weight is 366 g/mol. The van der Waals surface area contributed by atoms with Crippen molar-refractivity contribution in [1.29, 1.82) is 0 Å². The van der Waals surface area contributed by atoms with Crippen LogP contribution >= 0.6 is 12.4 Å². The molecular formula is C18H24ClN3O3. The number of amides is 2. The van der Waals surface area contributed by atoms with E-state index < -0.39 is 0 Å². The fourth-order valence-corrected chi connectivity index (χ4v) is 3.16. The van der Waals surface area contributed by atoms with Crippen molar-refractivity contribution in [3.8, 4) is 0 Å². The van der Waals surface area contributed by atoms with Gasteiger partial charge in [-0.05, 0) is 31.4 Å². The molecule has 136 valence electrons. The Morgan fingerprint density at radius 1 is 1.28 bits per heavy atom. The number of benzene rings is 1. The predicted molar refractivity (Wildman–Crippen MR) is 98.8 cm³/mol. The Morgan fingerprint density at radius 2 is 2.08 bits per heavy atom. The lowest BCUT2D eigenvalue weighted by Crippen LogP contribution is -2.49. The monoisotopic (exact) mass is 365 g/mol. The highest BCUT2D eigenvalue weighted by Gasteiger charge is 2.29. The quantitative estimate of drug-likeness (QED) is 0.851. The molecule has 1 atom stereocenters. The summed E-state index contributed by atoms with van der Waals surface area (Å²) in [6, 6.07) is 9.38. The summed E-state index contributed by atoms with van der Waals surface area (Å²) in [6.45, 7) is 1.48. The van der Waals surface area contributed by atoms with Crippen molar-refractivity contribution in [1.82, 2.24) is 10.2 Å². The van der Waals surface area contributed by atoms with E-state index in [9.17, 15) is 9.59 Å². The Morgan fingerprint density at radius 3 is 2.84 bits per heavy atom. The molecule has 1 aromatic heterocycles. The lowest BCUT2D eigenvalue weighted by Gasteiger charge is -2.35. The highest BCUT2D eigenvalue weighted by Crippen LogP contribution is 2.24. The topological polar surface area (TPSA) is 88.6 Å². The normalized spacial score (nSPS) is 17.2. The highest BCUT2D eigenvalue weighted by atomic mass is 35.5. The first-order chi connectivity index (χ1) is 11.7. The van der Waals surface area contributed by atoms with Gasteiger partial charge in [-0.25, -0.2) is 0 Å². The third-order valence-corrected chi connectivity index (χ3v) is 4.43. The molecular weight excluding hydrogens is 342 g/mol. The van der Waals surface area contributed by atoms with Gasteiger partial charge in [0.2, 0.25) is 5.91 Å². The number of nitrogens with two attached hydrogens (primary N) is 1. The molecule has 0 radical (unpaired) electrons. The fraction of sp³-hybridized carbons (Fsp3) is 0.444. The maximum atomic E-state index is 12.8. The van der Waals surface area contributed by atoms with Crippen LogP contribution in [0, 0.1) is 0 Å². The van der Waals surface area contributed by atoms with Gasteiger partial charge in [0.25, 0.3) is 5.91 Å². The van der Waals surface area contributed by atoms with E-state index in [1.807, 2.05) is 29.2 Å². The van der Waals surface area contributed by atoms with Crippen LogP contribution in [-0.2, 0) is 4.79 Å². The Labute approximate surface area is 153 Å². The van der Waals surface area contributed by atoms with Gasteiger partial charge in [-0.2, -0.15) is 0 Å². The summed E-state index contributed by atoms with van der Waals surface area (Å²) in [5, 5.41) is 3.79. The number of hydrogen-bond donors (Lipinski definition) is 2. The average Bonchev–Trinajstić information content (AvgIpc) is 3.04. The minimum atomic E-state index is -0.107.